The summed E-state index contributed by atoms with van der Waals surface area (Å²) in [5, 5.41) is 12.3. The Labute approximate surface area is 112 Å². The van der Waals surface area contributed by atoms with Crippen LogP contribution >= 0.6 is 0 Å². The van der Waals surface area contributed by atoms with Gasteiger partial charge in [0.1, 0.15) is 5.54 Å². The van der Waals surface area contributed by atoms with E-state index in [-0.39, 0.29) is 0 Å². The molecule has 0 spiro atoms. The lowest BCUT2D eigenvalue weighted by atomic mass is 9.90. The van der Waals surface area contributed by atoms with Crippen LogP contribution in [-0.2, 0) is 4.79 Å². The van der Waals surface area contributed by atoms with Crippen LogP contribution in [-0.4, -0.2) is 48.2 Å². The molecular formula is C14H30N2O2. The van der Waals surface area contributed by atoms with Gasteiger partial charge in [0.05, 0.1) is 0 Å². The lowest BCUT2D eigenvalue weighted by Gasteiger charge is -2.30. The van der Waals surface area contributed by atoms with Crippen molar-refractivity contribution in [3.8, 4) is 0 Å². The summed E-state index contributed by atoms with van der Waals surface area (Å²) >= 11 is 0. The molecule has 4 heteroatoms. The Morgan fingerprint density at radius 3 is 2.44 bits per heavy atom. The van der Waals surface area contributed by atoms with E-state index in [9.17, 15) is 9.90 Å². The molecule has 0 radical (unpaired) electrons. The van der Waals surface area contributed by atoms with Gasteiger partial charge >= 0.3 is 5.97 Å². The van der Waals surface area contributed by atoms with E-state index in [4.69, 9.17) is 0 Å². The van der Waals surface area contributed by atoms with Crippen LogP contribution in [0.2, 0.25) is 0 Å². The molecule has 0 saturated carbocycles. The van der Waals surface area contributed by atoms with E-state index >= 15 is 0 Å². The number of hydrogen-bond acceptors (Lipinski definition) is 3. The number of rotatable bonds is 10. The van der Waals surface area contributed by atoms with Crippen LogP contribution in [0.4, 0.5) is 0 Å². The molecule has 2 unspecified atom stereocenters. The van der Waals surface area contributed by atoms with Crippen molar-refractivity contribution >= 4 is 5.97 Å². The monoisotopic (exact) mass is 258 g/mol. The van der Waals surface area contributed by atoms with Gasteiger partial charge in [-0.2, -0.15) is 0 Å². The molecule has 0 aliphatic carbocycles. The normalized spacial score (nSPS) is 16.6. The van der Waals surface area contributed by atoms with Gasteiger partial charge in [0.15, 0.2) is 0 Å². The number of carboxylic acids is 1. The minimum absolute atomic E-state index is 0.574. The summed E-state index contributed by atoms with van der Waals surface area (Å²) in [6, 6.07) is 0.574. The van der Waals surface area contributed by atoms with E-state index in [0.29, 0.717) is 18.9 Å². The summed E-state index contributed by atoms with van der Waals surface area (Å²) in [4.78, 5) is 13.6. The van der Waals surface area contributed by atoms with Crippen LogP contribution < -0.4 is 5.32 Å². The summed E-state index contributed by atoms with van der Waals surface area (Å²) in [5.74, 6) is -0.739. The van der Waals surface area contributed by atoms with Crippen LogP contribution in [0.3, 0.4) is 0 Å². The Morgan fingerprint density at radius 2 is 2.06 bits per heavy atom. The topological polar surface area (TPSA) is 52.6 Å². The predicted octanol–water partition coefficient (Wildman–Crippen LogP) is 2.34. The van der Waals surface area contributed by atoms with E-state index in [0.717, 1.165) is 13.0 Å². The molecule has 0 aromatic rings. The molecule has 18 heavy (non-hydrogen) atoms. The maximum absolute atomic E-state index is 11.3. The third-order valence-corrected chi connectivity index (χ3v) is 4.06. The molecule has 0 bridgehead atoms. The second kappa shape index (κ2) is 8.48. The first-order valence-electron chi connectivity index (χ1n) is 7.06. The molecule has 0 saturated heterocycles. The average Bonchev–Trinajstić information content (AvgIpc) is 2.34. The molecule has 4 nitrogen and oxygen atoms in total. The Morgan fingerprint density at radius 1 is 1.44 bits per heavy atom. The molecule has 2 N–H and O–H groups in total. The Kier molecular flexibility index (Phi) is 8.20. The quantitative estimate of drug-likeness (QED) is 0.631. The third-order valence-electron chi connectivity index (χ3n) is 4.06. The van der Waals surface area contributed by atoms with Gasteiger partial charge in [-0.1, -0.05) is 20.3 Å². The molecule has 0 rings (SSSR count). The van der Waals surface area contributed by atoms with Gasteiger partial charge in [-0.05, 0) is 53.2 Å². The van der Waals surface area contributed by atoms with E-state index in [1.54, 1.807) is 7.05 Å². The number of likely N-dealkylation sites (N-methyl/N-ethyl adjacent to an activating group) is 1. The highest BCUT2D eigenvalue weighted by Gasteiger charge is 2.34. The Hall–Kier alpha value is -0.610. The van der Waals surface area contributed by atoms with E-state index in [1.807, 2.05) is 6.92 Å². The molecule has 0 aliphatic heterocycles. The Balaban J connectivity index is 4.19. The second-order valence-electron chi connectivity index (χ2n) is 5.21. The minimum atomic E-state index is -0.755. The zero-order chi connectivity index (χ0) is 14.2. The maximum Gasteiger partial charge on any atom is 0.323 e. The minimum Gasteiger partial charge on any atom is -0.480 e. The van der Waals surface area contributed by atoms with Crippen molar-refractivity contribution < 1.29 is 9.90 Å². The number of nitrogens with one attached hydrogen (secondary N) is 1. The maximum atomic E-state index is 11.3. The molecule has 0 fully saturated rings. The number of hydrogen-bond donors (Lipinski definition) is 2. The smallest absolute Gasteiger partial charge is 0.323 e. The molecule has 0 heterocycles. The molecule has 2 atom stereocenters. The highest BCUT2D eigenvalue weighted by Crippen LogP contribution is 2.18. The van der Waals surface area contributed by atoms with Crippen LogP contribution in [0.25, 0.3) is 0 Å². The highest BCUT2D eigenvalue weighted by molar-refractivity contribution is 5.78. The molecular weight excluding hydrogens is 228 g/mol. The van der Waals surface area contributed by atoms with Gasteiger partial charge < -0.3 is 15.3 Å². The zero-order valence-electron chi connectivity index (χ0n) is 12.6. The van der Waals surface area contributed by atoms with Crippen molar-refractivity contribution in [1.29, 1.82) is 0 Å². The summed E-state index contributed by atoms with van der Waals surface area (Å²) < 4.78 is 0. The SMILES string of the molecule is CCCC(C)N(C)CCCC(CC)(NC)C(=O)O. The molecule has 108 valence electrons. The van der Waals surface area contributed by atoms with Crippen molar-refractivity contribution in [1.82, 2.24) is 10.2 Å². The molecule has 0 amide bonds. The molecule has 0 aliphatic rings. The lowest BCUT2D eigenvalue weighted by molar-refractivity contribution is -0.145. The fourth-order valence-corrected chi connectivity index (χ4v) is 2.33. The largest absolute Gasteiger partial charge is 0.480 e. The van der Waals surface area contributed by atoms with Crippen molar-refractivity contribution in [2.24, 2.45) is 0 Å². The first kappa shape index (κ1) is 17.4. The number of nitrogens with zero attached hydrogens (tertiary/aromatic N) is 1. The molecule has 0 aromatic carbocycles. The first-order valence-corrected chi connectivity index (χ1v) is 7.06. The van der Waals surface area contributed by atoms with Gasteiger partial charge in [0.2, 0.25) is 0 Å². The summed E-state index contributed by atoms with van der Waals surface area (Å²) in [7, 11) is 3.86. The average molecular weight is 258 g/mol. The van der Waals surface area contributed by atoms with Gasteiger partial charge in [0, 0.05) is 6.04 Å². The molecule has 0 aromatic heterocycles. The van der Waals surface area contributed by atoms with E-state index < -0.39 is 11.5 Å². The number of carboxylic acid groups (broad SMARTS) is 1. The second-order valence-corrected chi connectivity index (χ2v) is 5.21. The van der Waals surface area contributed by atoms with Crippen molar-refractivity contribution in [3.63, 3.8) is 0 Å². The number of carbonyl (C=O) groups is 1. The van der Waals surface area contributed by atoms with Crippen LogP contribution in [0, 0.1) is 0 Å². The third kappa shape index (κ3) is 4.94. The van der Waals surface area contributed by atoms with Gasteiger partial charge in [-0.25, -0.2) is 0 Å². The number of aliphatic carboxylic acids is 1. The van der Waals surface area contributed by atoms with Gasteiger partial charge in [0.25, 0.3) is 0 Å². The highest BCUT2D eigenvalue weighted by atomic mass is 16.4. The van der Waals surface area contributed by atoms with E-state index in [2.05, 4.69) is 31.1 Å². The lowest BCUT2D eigenvalue weighted by Crippen LogP contribution is -2.50. The Bertz CT molecular complexity index is 240. The van der Waals surface area contributed by atoms with Crippen molar-refractivity contribution in [3.05, 3.63) is 0 Å². The summed E-state index contributed by atoms with van der Waals surface area (Å²) in [5.41, 5.74) is -0.755. The van der Waals surface area contributed by atoms with Crippen molar-refractivity contribution in [2.45, 2.75) is 64.5 Å². The summed E-state index contributed by atoms with van der Waals surface area (Å²) in [6.07, 6.45) is 4.59. The van der Waals surface area contributed by atoms with Gasteiger partial charge in [-0.3, -0.25) is 4.79 Å². The zero-order valence-corrected chi connectivity index (χ0v) is 12.6. The fourth-order valence-electron chi connectivity index (χ4n) is 2.33. The standard InChI is InChI=1S/C14H30N2O2/c1-6-9-12(3)16(5)11-8-10-14(7-2,15-4)13(17)18/h12,15H,6-11H2,1-5H3,(H,17,18). The predicted molar refractivity (Wildman–Crippen MR) is 76.0 cm³/mol. The van der Waals surface area contributed by atoms with Crippen LogP contribution in [0.1, 0.15) is 52.9 Å². The van der Waals surface area contributed by atoms with Gasteiger partial charge in [-0.15, -0.1) is 0 Å². The van der Waals surface area contributed by atoms with E-state index in [1.165, 1.54) is 12.8 Å². The fraction of sp³-hybridized carbons (Fsp3) is 0.929. The van der Waals surface area contributed by atoms with Crippen molar-refractivity contribution in [2.75, 3.05) is 20.6 Å². The summed E-state index contributed by atoms with van der Waals surface area (Å²) in [6.45, 7) is 7.30. The first-order chi connectivity index (χ1) is 8.43. The van der Waals surface area contributed by atoms with Crippen LogP contribution in [0.15, 0.2) is 0 Å². The van der Waals surface area contributed by atoms with Crippen LogP contribution in [0.5, 0.6) is 0 Å².